The summed E-state index contributed by atoms with van der Waals surface area (Å²) in [6, 6.07) is 13.0. The third-order valence-corrected chi connectivity index (χ3v) is 6.26. The van der Waals surface area contributed by atoms with Gasteiger partial charge in [0.15, 0.2) is 6.61 Å². The first-order chi connectivity index (χ1) is 14.5. The van der Waals surface area contributed by atoms with Crippen molar-refractivity contribution in [3.05, 3.63) is 57.3 Å². The molecule has 1 aliphatic heterocycles. The van der Waals surface area contributed by atoms with E-state index in [2.05, 4.69) is 33.2 Å². The van der Waals surface area contributed by atoms with Gasteiger partial charge in [-0.25, -0.2) is 4.98 Å². The molecule has 0 fully saturated rings. The number of rotatable bonds is 6. The average molecular weight is 486 g/mol. The van der Waals surface area contributed by atoms with Crippen molar-refractivity contribution in [2.45, 2.75) is 19.8 Å². The zero-order chi connectivity index (χ0) is 21.1. The number of carbonyl (C=O) groups excluding carboxylic acids is 2. The summed E-state index contributed by atoms with van der Waals surface area (Å²) in [6.07, 6.45) is 1.98. The number of anilines is 2. The van der Waals surface area contributed by atoms with E-state index in [1.54, 1.807) is 17.4 Å². The number of aryl methyl sites for hydroxylation is 1. The normalized spacial score (nSPS) is 13.0. The zero-order valence-electron chi connectivity index (χ0n) is 16.4. The molecule has 4 rings (SSSR count). The van der Waals surface area contributed by atoms with Gasteiger partial charge >= 0.3 is 0 Å². The molecule has 0 spiro atoms. The van der Waals surface area contributed by atoms with Crippen molar-refractivity contribution >= 4 is 50.5 Å². The lowest BCUT2D eigenvalue weighted by Crippen LogP contribution is -2.43. The Balaban J connectivity index is 1.58. The predicted molar refractivity (Wildman–Crippen MR) is 122 cm³/mol. The number of thiazole rings is 1. The van der Waals surface area contributed by atoms with Crippen LogP contribution < -0.4 is 15.0 Å². The monoisotopic (exact) mass is 485 g/mol. The van der Waals surface area contributed by atoms with Crippen LogP contribution in [0.5, 0.6) is 5.75 Å². The van der Waals surface area contributed by atoms with E-state index in [-0.39, 0.29) is 25.0 Å². The Kier molecular flexibility index (Phi) is 6.15. The van der Waals surface area contributed by atoms with Gasteiger partial charge < -0.3 is 10.1 Å². The van der Waals surface area contributed by atoms with Gasteiger partial charge in [0.1, 0.15) is 12.3 Å². The summed E-state index contributed by atoms with van der Waals surface area (Å²) in [5, 5.41) is 5.94. The zero-order valence-corrected chi connectivity index (χ0v) is 18.8. The average Bonchev–Trinajstić information content (AvgIpc) is 3.20. The Morgan fingerprint density at radius 2 is 2.13 bits per heavy atom. The number of ether oxygens (including phenoxy) is 1. The molecular formula is C22H20BrN3O3S. The first kappa shape index (κ1) is 20.6. The molecule has 6 nitrogen and oxygen atoms in total. The molecule has 0 saturated heterocycles. The molecule has 0 radical (unpaired) electrons. The van der Waals surface area contributed by atoms with Crippen molar-refractivity contribution in [1.29, 1.82) is 0 Å². The standard InChI is InChI=1S/C22H20BrN3O3S/c1-2-5-21-25-17(13-30-21)14-8-9-19-18(10-14)26(22(28)12-29-19)11-20(27)24-16-7-4-3-6-15(16)23/h3-4,6-10,13H,2,5,11-12H2,1H3,(H,24,27). The molecule has 1 aromatic heterocycles. The minimum Gasteiger partial charge on any atom is -0.482 e. The summed E-state index contributed by atoms with van der Waals surface area (Å²) >= 11 is 5.04. The Morgan fingerprint density at radius 1 is 1.30 bits per heavy atom. The fraction of sp³-hybridized carbons (Fsp3) is 0.227. The Bertz CT molecular complexity index is 1100. The highest BCUT2D eigenvalue weighted by Crippen LogP contribution is 2.36. The summed E-state index contributed by atoms with van der Waals surface area (Å²) in [5.41, 5.74) is 2.99. The van der Waals surface area contributed by atoms with Crippen molar-refractivity contribution in [3.63, 3.8) is 0 Å². The van der Waals surface area contributed by atoms with E-state index < -0.39 is 0 Å². The van der Waals surface area contributed by atoms with Crippen LogP contribution in [0.1, 0.15) is 18.4 Å². The van der Waals surface area contributed by atoms with Crippen molar-refractivity contribution in [1.82, 2.24) is 4.98 Å². The highest BCUT2D eigenvalue weighted by Gasteiger charge is 2.28. The lowest BCUT2D eigenvalue weighted by atomic mass is 10.1. The van der Waals surface area contributed by atoms with Gasteiger partial charge in [0.05, 0.1) is 22.1 Å². The van der Waals surface area contributed by atoms with Gasteiger partial charge in [-0.05, 0) is 59.1 Å². The quantitative estimate of drug-likeness (QED) is 0.539. The highest BCUT2D eigenvalue weighted by molar-refractivity contribution is 9.10. The number of fused-ring (bicyclic) bond motifs is 1. The summed E-state index contributed by atoms with van der Waals surface area (Å²) in [5.74, 6) is 0.0373. The molecule has 30 heavy (non-hydrogen) atoms. The molecule has 1 N–H and O–H groups in total. The molecule has 2 heterocycles. The van der Waals surface area contributed by atoms with E-state index in [0.717, 1.165) is 33.6 Å². The lowest BCUT2D eigenvalue weighted by molar-refractivity contribution is -0.123. The first-order valence-electron chi connectivity index (χ1n) is 9.61. The number of aromatic nitrogens is 1. The number of hydrogen-bond donors (Lipinski definition) is 1. The molecule has 0 atom stereocenters. The summed E-state index contributed by atoms with van der Waals surface area (Å²) in [4.78, 5) is 31.3. The second-order valence-corrected chi connectivity index (χ2v) is 8.65. The van der Waals surface area contributed by atoms with Gasteiger partial charge in [-0.3, -0.25) is 14.5 Å². The minimum absolute atomic E-state index is 0.0913. The number of benzene rings is 2. The Labute approximate surface area is 187 Å². The van der Waals surface area contributed by atoms with Crippen molar-refractivity contribution < 1.29 is 14.3 Å². The third-order valence-electron chi connectivity index (χ3n) is 4.66. The number of carbonyl (C=O) groups is 2. The molecule has 154 valence electrons. The molecule has 1 aliphatic rings. The fourth-order valence-electron chi connectivity index (χ4n) is 3.20. The van der Waals surface area contributed by atoms with E-state index in [1.165, 1.54) is 4.90 Å². The van der Waals surface area contributed by atoms with E-state index in [1.807, 2.05) is 41.8 Å². The number of amides is 2. The van der Waals surface area contributed by atoms with E-state index in [4.69, 9.17) is 4.74 Å². The van der Waals surface area contributed by atoms with E-state index >= 15 is 0 Å². The molecular weight excluding hydrogens is 466 g/mol. The van der Waals surface area contributed by atoms with Crippen LogP contribution >= 0.6 is 27.3 Å². The van der Waals surface area contributed by atoms with Gasteiger partial charge in [-0.15, -0.1) is 11.3 Å². The van der Waals surface area contributed by atoms with Gasteiger partial charge in [0.2, 0.25) is 5.91 Å². The Morgan fingerprint density at radius 3 is 2.93 bits per heavy atom. The topological polar surface area (TPSA) is 71.5 Å². The SMILES string of the molecule is CCCc1nc(-c2ccc3c(c2)N(CC(=O)Nc2ccccc2Br)C(=O)CO3)cs1. The summed E-state index contributed by atoms with van der Waals surface area (Å²) < 4.78 is 6.35. The second kappa shape index (κ2) is 8.97. The van der Waals surface area contributed by atoms with Crippen molar-refractivity contribution in [2.75, 3.05) is 23.4 Å². The van der Waals surface area contributed by atoms with Crippen LogP contribution in [0.25, 0.3) is 11.3 Å². The fourth-order valence-corrected chi connectivity index (χ4v) is 4.50. The molecule has 0 bridgehead atoms. The lowest BCUT2D eigenvalue weighted by Gasteiger charge is -2.29. The van der Waals surface area contributed by atoms with Crippen molar-refractivity contribution in [3.8, 4) is 17.0 Å². The first-order valence-corrected chi connectivity index (χ1v) is 11.3. The van der Waals surface area contributed by atoms with Crippen LogP contribution in [-0.4, -0.2) is 29.9 Å². The Hall–Kier alpha value is -2.71. The second-order valence-electron chi connectivity index (χ2n) is 6.86. The summed E-state index contributed by atoms with van der Waals surface area (Å²) in [7, 11) is 0. The number of nitrogens with zero attached hydrogens (tertiary/aromatic N) is 2. The maximum Gasteiger partial charge on any atom is 0.265 e. The smallest absolute Gasteiger partial charge is 0.265 e. The number of hydrogen-bond acceptors (Lipinski definition) is 5. The van der Waals surface area contributed by atoms with Crippen LogP contribution in [0.3, 0.4) is 0 Å². The number of halogens is 1. The molecule has 0 saturated carbocycles. The third kappa shape index (κ3) is 4.39. The van der Waals surface area contributed by atoms with Crippen LogP contribution in [0.4, 0.5) is 11.4 Å². The predicted octanol–water partition coefficient (Wildman–Crippen LogP) is 4.89. The van der Waals surface area contributed by atoms with Gasteiger partial charge in [0, 0.05) is 15.4 Å². The molecule has 3 aromatic rings. The maximum atomic E-state index is 12.6. The molecule has 8 heteroatoms. The molecule has 2 aromatic carbocycles. The number of para-hydroxylation sites is 1. The van der Waals surface area contributed by atoms with Crippen LogP contribution in [0.2, 0.25) is 0 Å². The van der Waals surface area contributed by atoms with Crippen LogP contribution in [0, 0.1) is 0 Å². The molecule has 2 amide bonds. The van der Waals surface area contributed by atoms with Gasteiger partial charge in [-0.1, -0.05) is 19.1 Å². The largest absolute Gasteiger partial charge is 0.482 e. The minimum atomic E-state index is -0.285. The maximum absolute atomic E-state index is 12.6. The summed E-state index contributed by atoms with van der Waals surface area (Å²) in [6.45, 7) is 1.93. The van der Waals surface area contributed by atoms with Gasteiger partial charge in [-0.2, -0.15) is 0 Å². The van der Waals surface area contributed by atoms with E-state index in [0.29, 0.717) is 17.1 Å². The highest BCUT2D eigenvalue weighted by atomic mass is 79.9. The van der Waals surface area contributed by atoms with Crippen LogP contribution in [-0.2, 0) is 16.0 Å². The molecule has 0 unspecified atom stereocenters. The van der Waals surface area contributed by atoms with E-state index in [9.17, 15) is 9.59 Å². The van der Waals surface area contributed by atoms with Crippen LogP contribution in [0.15, 0.2) is 52.3 Å². The number of nitrogens with one attached hydrogen (secondary N) is 1. The van der Waals surface area contributed by atoms with Crippen molar-refractivity contribution in [2.24, 2.45) is 0 Å². The molecule has 0 aliphatic carbocycles. The van der Waals surface area contributed by atoms with Gasteiger partial charge in [0.25, 0.3) is 5.91 Å².